The van der Waals surface area contributed by atoms with Gasteiger partial charge in [0.05, 0.1) is 0 Å². The Morgan fingerprint density at radius 3 is 2.53 bits per heavy atom. The fourth-order valence-corrected chi connectivity index (χ4v) is 1.88. The molecule has 78 valence electrons. The van der Waals surface area contributed by atoms with Crippen molar-refractivity contribution in [1.82, 2.24) is 9.97 Å². The Morgan fingerprint density at radius 2 is 1.87 bits per heavy atom. The molecule has 0 N–H and O–H groups in total. The molecule has 15 heavy (non-hydrogen) atoms. The van der Waals surface area contributed by atoms with Gasteiger partial charge in [0.15, 0.2) is 0 Å². The largest absolute Gasteiger partial charge is 0.356 e. The molecule has 0 aromatic carbocycles. The third-order valence-corrected chi connectivity index (χ3v) is 2.70. The Kier molecular flexibility index (Phi) is 3.13. The molecule has 0 radical (unpaired) electrons. The highest BCUT2D eigenvalue weighted by Crippen LogP contribution is 2.16. The molecule has 0 atom stereocenters. The lowest BCUT2D eigenvalue weighted by Gasteiger charge is -2.20. The van der Waals surface area contributed by atoms with E-state index in [2.05, 4.69) is 14.9 Å². The number of aromatic nitrogens is 2. The quantitative estimate of drug-likeness (QED) is 0.696. The summed E-state index contributed by atoms with van der Waals surface area (Å²) in [5, 5.41) is 8.76. The molecule has 4 nitrogen and oxygen atoms in total. The Bertz CT molecular complexity index is 361. The Hall–Kier alpha value is -1.63. The van der Waals surface area contributed by atoms with Crippen LogP contribution in [0.2, 0.25) is 0 Å². The minimum absolute atomic E-state index is 0.448. The van der Waals surface area contributed by atoms with Crippen LogP contribution in [0.5, 0.6) is 0 Å². The zero-order valence-electron chi connectivity index (χ0n) is 8.69. The third kappa shape index (κ3) is 2.44. The Labute approximate surface area is 89.6 Å². The average Bonchev–Trinajstić information content (AvgIpc) is 2.58. The van der Waals surface area contributed by atoms with Gasteiger partial charge < -0.3 is 4.90 Å². The van der Waals surface area contributed by atoms with Gasteiger partial charge in [0.2, 0.25) is 0 Å². The van der Waals surface area contributed by atoms with E-state index in [1.54, 1.807) is 6.07 Å². The van der Waals surface area contributed by atoms with E-state index in [1.165, 1.54) is 32.0 Å². The molecule has 0 spiro atoms. The lowest BCUT2D eigenvalue weighted by Crippen LogP contribution is -2.24. The van der Waals surface area contributed by atoms with E-state index in [0.717, 1.165) is 18.9 Å². The van der Waals surface area contributed by atoms with Crippen molar-refractivity contribution in [2.75, 3.05) is 18.0 Å². The van der Waals surface area contributed by atoms with E-state index in [1.807, 2.05) is 6.07 Å². The van der Waals surface area contributed by atoms with Crippen molar-refractivity contribution in [3.8, 4) is 6.07 Å². The van der Waals surface area contributed by atoms with Crippen LogP contribution in [0.3, 0.4) is 0 Å². The van der Waals surface area contributed by atoms with Crippen LogP contribution < -0.4 is 4.90 Å². The summed E-state index contributed by atoms with van der Waals surface area (Å²) in [6.07, 6.45) is 6.50. The zero-order valence-corrected chi connectivity index (χ0v) is 8.69. The molecule has 1 aliphatic heterocycles. The number of hydrogen-bond donors (Lipinski definition) is 0. The van der Waals surface area contributed by atoms with E-state index < -0.39 is 0 Å². The summed E-state index contributed by atoms with van der Waals surface area (Å²) in [6.45, 7) is 2.09. The smallest absolute Gasteiger partial charge is 0.145 e. The van der Waals surface area contributed by atoms with Crippen molar-refractivity contribution in [2.45, 2.75) is 25.7 Å². The summed E-state index contributed by atoms with van der Waals surface area (Å²) in [4.78, 5) is 10.3. The summed E-state index contributed by atoms with van der Waals surface area (Å²) in [6, 6.07) is 3.81. The molecule has 1 aliphatic rings. The summed E-state index contributed by atoms with van der Waals surface area (Å²) < 4.78 is 0. The first-order chi connectivity index (χ1) is 7.40. The second kappa shape index (κ2) is 4.74. The van der Waals surface area contributed by atoms with Gasteiger partial charge in [0.25, 0.3) is 0 Å². The highest BCUT2D eigenvalue weighted by Gasteiger charge is 2.11. The predicted molar refractivity (Wildman–Crippen MR) is 57.4 cm³/mol. The molecular weight excluding hydrogens is 188 g/mol. The second-order valence-electron chi connectivity index (χ2n) is 3.77. The van der Waals surface area contributed by atoms with Crippen LogP contribution >= 0.6 is 0 Å². The number of hydrogen-bond acceptors (Lipinski definition) is 4. The normalized spacial score (nSPS) is 16.9. The van der Waals surface area contributed by atoms with E-state index in [4.69, 9.17) is 5.26 Å². The fraction of sp³-hybridized carbons (Fsp3) is 0.545. The number of nitrogens with zero attached hydrogens (tertiary/aromatic N) is 4. The molecular formula is C11H14N4. The van der Waals surface area contributed by atoms with Crippen molar-refractivity contribution in [3.63, 3.8) is 0 Å². The van der Waals surface area contributed by atoms with Crippen molar-refractivity contribution >= 4 is 5.82 Å². The van der Waals surface area contributed by atoms with Crippen molar-refractivity contribution in [2.24, 2.45) is 0 Å². The number of rotatable bonds is 1. The monoisotopic (exact) mass is 202 g/mol. The molecule has 1 saturated heterocycles. The summed E-state index contributed by atoms with van der Waals surface area (Å²) in [5.74, 6) is 0.892. The molecule has 1 aromatic rings. The topological polar surface area (TPSA) is 52.8 Å². The molecule has 2 rings (SSSR count). The lowest BCUT2D eigenvalue weighted by molar-refractivity contribution is 0.726. The van der Waals surface area contributed by atoms with Crippen LogP contribution in [0.4, 0.5) is 5.82 Å². The molecule has 0 amide bonds. The highest BCUT2D eigenvalue weighted by molar-refractivity contribution is 5.41. The van der Waals surface area contributed by atoms with Gasteiger partial charge in [0.1, 0.15) is 23.9 Å². The molecule has 0 bridgehead atoms. The van der Waals surface area contributed by atoms with E-state index in [-0.39, 0.29) is 0 Å². The molecule has 0 aliphatic carbocycles. The number of anilines is 1. The molecule has 4 heteroatoms. The first-order valence-electron chi connectivity index (χ1n) is 5.37. The standard InChI is InChI=1S/C11H14N4/c12-8-10-7-11(14-9-13-10)15-5-3-1-2-4-6-15/h7,9H,1-6H2. The van der Waals surface area contributed by atoms with E-state index in [0.29, 0.717) is 5.69 Å². The average molecular weight is 202 g/mol. The molecule has 2 heterocycles. The Balaban J connectivity index is 2.16. The summed E-state index contributed by atoms with van der Waals surface area (Å²) in [5.41, 5.74) is 0.448. The SMILES string of the molecule is N#Cc1cc(N2CCCCCC2)ncn1. The molecule has 1 fully saturated rings. The van der Waals surface area contributed by atoms with Gasteiger partial charge in [0, 0.05) is 19.2 Å². The third-order valence-electron chi connectivity index (χ3n) is 2.70. The van der Waals surface area contributed by atoms with Gasteiger partial charge in [-0.3, -0.25) is 0 Å². The van der Waals surface area contributed by atoms with Crippen LogP contribution in [0.15, 0.2) is 12.4 Å². The molecule has 1 aromatic heterocycles. The zero-order chi connectivity index (χ0) is 10.5. The fourth-order valence-electron chi connectivity index (χ4n) is 1.88. The predicted octanol–water partition coefficient (Wildman–Crippen LogP) is 1.73. The van der Waals surface area contributed by atoms with Gasteiger partial charge >= 0.3 is 0 Å². The van der Waals surface area contributed by atoms with Crippen LogP contribution in [0.25, 0.3) is 0 Å². The van der Waals surface area contributed by atoms with Crippen molar-refractivity contribution in [1.29, 1.82) is 5.26 Å². The van der Waals surface area contributed by atoms with Crippen LogP contribution in [0, 0.1) is 11.3 Å². The van der Waals surface area contributed by atoms with Crippen LogP contribution in [0.1, 0.15) is 31.4 Å². The number of nitriles is 1. The lowest BCUT2D eigenvalue weighted by atomic mass is 10.2. The van der Waals surface area contributed by atoms with Gasteiger partial charge in [-0.1, -0.05) is 12.8 Å². The minimum Gasteiger partial charge on any atom is -0.356 e. The maximum absolute atomic E-state index is 8.76. The first kappa shape index (κ1) is 9.91. The molecule has 0 saturated carbocycles. The summed E-state index contributed by atoms with van der Waals surface area (Å²) >= 11 is 0. The van der Waals surface area contributed by atoms with Crippen molar-refractivity contribution in [3.05, 3.63) is 18.1 Å². The van der Waals surface area contributed by atoms with Gasteiger partial charge in [-0.05, 0) is 12.8 Å². The Morgan fingerprint density at radius 1 is 1.13 bits per heavy atom. The minimum atomic E-state index is 0.448. The van der Waals surface area contributed by atoms with Gasteiger partial charge in [-0.15, -0.1) is 0 Å². The van der Waals surface area contributed by atoms with Gasteiger partial charge in [-0.2, -0.15) is 5.26 Å². The summed E-state index contributed by atoms with van der Waals surface area (Å²) in [7, 11) is 0. The first-order valence-corrected chi connectivity index (χ1v) is 5.37. The highest BCUT2D eigenvalue weighted by atomic mass is 15.2. The second-order valence-corrected chi connectivity index (χ2v) is 3.77. The molecule has 0 unspecified atom stereocenters. The maximum Gasteiger partial charge on any atom is 0.145 e. The van der Waals surface area contributed by atoms with Crippen LogP contribution in [-0.4, -0.2) is 23.1 Å². The van der Waals surface area contributed by atoms with Gasteiger partial charge in [-0.25, -0.2) is 9.97 Å². The van der Waals surface area contributed by atoms with Crippen molar-refractivity contribution < 1.29 is 0 Å². The van der Waals surface area contributed by atoms with E-state index in [9.17, 15) is 0 Å². The maximum atomic E-state index is 8.76. The van der Waals surface area contributed by atoms with E-state index >= 15 is 0 Å². The van der Waals surface area contributed by atoms with Crippen LogP contribution in [-0.2, 0) is 0 Å².